The Bertz CT molecular complexity index is 921. The largest absolute Gasteiger partial charge is 0.344 e. The summed E-state index contributed by atoms with van der Waals surface area (Å²) in [5.41, 5.74) is 1.14. The van der Waals surface area contributed by atoms with Crippen LogP contribution in [0.25, 0.3) is 10.2 Å². The Hall–Kier alpha value is -2.04. The van der Waals surface area contributed by atoms with Crippen molar-refractivity contribution < 1.29 is 4.79 Å². The number of terminal acetylenes is 1. The lowest BCUT2D eigenvalue weighted by atomic mass is 9.97. The lowest BCUT2D eigenvalue weighted by Crippen LogP contribution is -2.27. The quantitative estimate of drug-likeness (QED) is 0.365. The Balaban J connectivity index is 1.98. The van der Waals surface area contributed by atoms with Gasteiger partial charge >= 0.3 is 0 Å². The Morgan fingerprint density at radius 3 is 3.04 bits per heavy atom. The van der Waals surface area contributed by atoms with Crippen LogP contribution in [0, 0.1) is 12.3 Å². The molecular formula is C18H19N3O2S2. The van der Waals surface area contributed by atoms with E-state index in [1.165, 1.54) is 22.2 Å². The number of allylic oxidation sites excluding steroid dienone is 1. The first-order valence-electron chi connectivity index (χ1n) is 8.14. The number of nitrogens with one attached hydrogen (secondary N) is 1. The van der Waals surface area contributed by atoms with Gasteiger partial charge in [0.05, 0.1) is 17.7 Å². The van der Waals surface area contributed by atoms with E-state index < -0.39 is 0 Å². The molecule has 0 radical (unpaired) electrons. The first-order valence-corrected chi connectivity index (χ1v) is 9.94. The topological polar surface area (TPSA) is 64.0 Å². The number of thioether (sulfide) groups is 1. The van der Waals surface area contributed by atoms with Gasteiger partial charge in [-0.15, -0.1) is 24.3 Å². The van der Waals surface area contributed by atoms with Gasteiger partial charge in [0.2, 0.25) is 5.91 Å². The molecule has 2 aromatic rings. The second kappa shape index (κ2) is 7.89. The summed E-state index contributed by atoms with van der Waals surface area (Å²) in [5, 5.41) is 3.92. The van der Waals surface area contributed by atoms with Gasteiger partial charge in [-0.1, -0.05) is 23.8 Å². The zero-order chi connectivity index (χ0) is 17.8. The normalized spacial score (nSPS) is 13.2. The van der Waals surface area contributed by atoms with Gasteiger partial charge in [0.15, 0.2) is 5.16 Å². The van der Waals surface area contributed by atoms with Crippen LogP contribution in [-0.2, 0) is 24.2 Å². The fourth-order valence-corrected chi connectivity index (χ4v) is 5.09. The van der Waals surface area contributed by atoms with Gasteiger partial charge in [-0.05, 0) is 31.2 Å². The van der Waals surface area contributed by atoms with E-state index in [9.17, 15) is 9.59 Å². The number of aryl methyl sites for hydroxylation is 2. The van der Waals surface area contributed by atoms with E-state index in [-0.39, 0.29) is 23.8 Å². The van der Waals surface area contributed by atoms with E-state index in [0.717, 1.165) is 35.9 Å². The SMILES string of the molecule is C#CCNC(=O)CSc1nc2sc3c(c2c(=O)n1CC=C)CCCC3. The third-order valence-electron chi connectivity index (χ3n) is 4.07. The lowest BCUT2D eigenvalue weighted by Gasteiger charge is -2.12. The zero-order valence-electron chi connectivity index (χ0n) is 13.8. The number of hydrogen-bond acceptors (Lipinski definition) is 5. The standard InChI is InChI=1S/C18H19N3O2S2/c1-3-9-19-14(22)11-24-18-20-16-15(17(23)21(18)10-4-2)12-7-5-6-8-13(12)25-16/h1,4H,2,5-11H2,(H,19,22). The fourth-order valence-electron chi connectivity index (χ4n) is 2.95. The zero-order valence-corrected chi connectivity index (χ0v) is 15.5. The summed E-state index contributed by atoms with van der Waals surface area (Å²) in [6.07, 6.45) is 11.1. The van der Waals surface area contributed by atoms with Crippen LogP contribution in [0.3, 0.4) is 0 Å². The number of rotatable bonds is 6. The highest BCUT2D eigenvalue weighted by atomic mass is 32.2. The van der Waals surface area contributed by atoms with E-state index in [2.05, 4.69) is 22.8 Å². The first-order chi connectivity index (χ1) is 12.2. The molecule has 1 aliphatic rings. The van der Waals surface area contributed by atoms with Crippen molar-refractivity contribution in [2.75, 3.05) is 12.3 Å². The minimum atomic E-state index is -0.173. The molecule has 0 fully saturated rings. The monoisotopic (exact) mass is 373 g/mol. The summed E-state index contributed by atoms with van der Waals surface area (Å²) in [6.45, 7) is 4.31. The van der Waals surface area contributed by atoms with E-state index in [1.807, 2.05) is 0 Å². The molecule has 0 atom stereocenters. The Kier molecular flexibility index (Phi) is 5.61. The average Bonchev–Trinajstić information content (AvgIpc) is 2.99. The van der Waals surface area contributed by atoms with Gasteiger partial charge in [-0.25, -0.2) is 4.98 Å². The van der Waals surface area contributed by atoms with Crippen LogP contribution >= 0.6 is 23.1 Å². The summed E-state index contributed by atoms with van der Waals surface area (Å²) < 4.78 is 1.61. The second-order valence-electron chi connectivity index (χ2n) is 5.76. The first kappa shape index (κ1) is 17.8. The van der Waals surface area contributed by atoms with Crippen molar-refractivity contribution in [2.45, 2.75) is 37.4 Å². The highest BCUT2D eigenvalue weighted by Crippen LogP contribution is 2.34. The minimum Gasteiger partial charge on any atom is -0.344 e. The van der Waals surface area contributed by atoms with Gasteiger partial charge in [-0.3, -0.25) is 14.2 Å². The van der Waals surface area contributed by atoms with E-state index >= 15 is 0 Å². The molecule has 2 heterocycles. The number of hydrogen-bond donors (Lipinski definition) is 1. The summed E-state index contributed by atoms with van der Waals surface area (Å²) >= 11 is 2.86. The molecule has 0 bridgehead atoms. The van der Waals surface area contributed by atoms with Gasteiger partial charge in [-0.2, -0.15) is 0 Å². The molecule has 3 rings (SSSR count). The van der Waals surface area contributed by atoms with E-state index in [4.69, 9.17) is 6.42 Å². The van der Waals surface area contributed by atoms with Crippen LogP contribution in [0.2, 0.25) is 0 Å². The molecule has 0 aliphatic heterocycles. The number of thiophene rings is 1. The molecule has 1 amide bonds. The van der Waals surface area contributed by atoms with Gasteiger partial charge in [0.1, 0.15) is 4.83 Å². The molecule has 1 aliphatic carbocycles. The maximum atomic E-state index is 13.0. The smallest absolute Gasteiger partial charge is 0.263 e. The third kappa shape index (κ3) is 3.65. The molecule has 7 heteroatoms. The predicted molar refractivity (Wildman–Crippen MR) is 103 cm³/mol. The molecule has 0 aromatic carbocycles. The molecular weight excluding hydrogens is 354 g/mol. The number of nitrogens with zero attached hydrogens (tertiary/aromatic N) is 2. The van der Waals surface area contributed by atoms with Crippen molar-refractivity contribution >= 4 is 39.2 Å². The van der Waals surface area contributed by atoms with Gasteiger partial charge < -0.3 is 5.32 Å². The number of amides is 1. The van der Waals surface area contributed by atoms with Gasteiger partial charge in [0.25, 0.3) is 5.56 Å². The molecule has 1 N–H and O–H groups in total. The molecule has 0 unspecified atom stereocenters. The Labute approximate surface area is 154 Å². The molecule has 0 saturated carbocycles. The maximum absolute atomic E-state index is 13.0. The van der Waals surface area contributed by atoms with Crippen molar-refractivity contribution in [3.8, 4) is 12.3 Å². The minimum absolute atomic E-state index is 0.0316. The van der Waals surface area contributed by atoms with Crippen molar-refractivity contribution in [3.05, 3.63) is 33.4 Å². The average molecular weight is 374 g/mol. The maximum Gasteiger partial charge on any atom is 0.263 e. The third-order valence-corrected chi connectivity index (χ3v) is 6.23. The number of fused-ring (bicyclic) bond motifs is 3. The number of carbonyl (C=O) groups excluding carboxylic acids is 1. The lowest BCUT2D eigenvalue weighted by molar-refractivity contribution is -0.118. The molecule has 130 valence electrons. The molecule has 2 aromatic heterocycles. The highest BCUT2D eigenvalue weighted by molar-refractivity contribution is 7.99. The Morgan fingerprint density at radius 2 is 2.28 bits per heavy atom. The second-order valence-corrected chi connectivity index (χ2v) is 7.79. The van der Waals surface area contributed by atoms with Crippen molar-refractivity contribution in [3.63, 3.8) is 0 Å². The van der Waals surface area contributed by atoms with E-state index in [0.29, 0.717) is 11.7 Å². The molecule has 0 spiro atoms. The van der Waals surface area contributed by atoms with Crippen molar-refractivity contribution in [2.24, 2.45) is 0 Å². The summed E-state index contributed by atoms with van der Waals surface area (Å²) in [5.74, 6) is 2.36. The summed E-state index contributed by atoms with van der Waals surface area (Å²) in [6, 6.07) is 0. The van der Waals surface area contributed by atoms with Gasteiger partial charge in [0, 0.05) is 11.4 Å². The Morgan fingerprint density at radius 1 is 1.48 bits per heavy atom. The molecule has 25 heavy (non-hydrogen) atoms. The van der Waals surface area contributed by atoms with Crippen LogP contribution in [-0.4, -0.2) is 27.8 Å². The van der Waals surface area contributed by atoms with E-state index in [1.54, 1.807) is 22.0 Å². The summed E-state index contributed by atoms with van der Waals surface area (Å²) in [4.78, 5) is 31.6. The van der Waals surface area contributed by atoms with Crippen molar-refractivity contribution in [1.29, 1.82) is 0 Å². The molecule has 5 nitrogen and oxygen atoms in total. The number of carbonyl (C=O) groups is 1. The van der Waals surface area contributed by atoms with Crippen LogP contribution in [0.4, 0.5) is 0 Å². The van der Waals surface area contributed by atoms with Crippen molar-refractivity contribution in [1.82, 2.24) is 14.9 Å². The number of aromatic nitrogens is 2. The predicted octanol–water partition coefficient (Wildman–Crippen LogP) is 2.36. The van der Waals surface area contributed by atoms with Crippen LogP contribution in [0.15, 0.2) is 22.6 Å². The highest BCUT2D eigenvalue weighted by Gasteiger charge is 2.22. The molecule has 0 saturated heterocycles. The van der Waals surface area contributed by atoms with Crippen LogP contribution < -0.4 is 10.9 Å². The van der Waals surface area contributed by atoms with Crippen LogP contribution in [0.1, 0.15) is 23.3 Å². The fraction of sp³-hybridized carbons (Fsp3) is 0.389. The van der Waals surface area contributed by atoms with Crippen LogP contribution in [0.5, 0.6) is 0 Å². The summed E-state index contributed by atoms with van der Waals surface area (Å²) in [7, 11) is 0.